The van der Waals surface area contributed by atoms with Gasteiger partial charge >= 0.3 is 0 Å². The second-order valence-electron chi connectivity index (χ2n) is 5.09. The Labute approximate surface area is 92.2 Å². The third-order valence-corrected chi connectivity index (χ3v) is 4.04. The lowest BCUT2D eigenvalue weighted by Crippen LogP contribution is -2.38. The summed E-state index contributed by atoms with van der Waals surface area (Å²) >= 11 is 0. The summed E-state index contributed by atoms with van der Waals surface area (Å²) in [7, 11) is 0. The molecule has 0 radical (unpaired) electrons. The molecule has 3 atom stereocenters. The monoisotopic (exact) mass is 210 g/mol. The third kappa shape index (κ3) is 2.33. The van der Waals surface area contributed by atoms with E-state index in [1.165, 1.54) is 19.3 Å². The number of nitrogens with zero attached hydrogens (tertiary/aromatic N) is 1. The van der Waals surface area contributed by atoms with Crippen LogP contribution < -0.4 is 5.32 Å². The quantitative estimate of drug-likeness (QED) is 0.747. The molecule has 2 rings (SSSR count). The van der Waals surface area contributed by atoms with Crippen LogP contribution in [0.25, 0.3) is 0 Å². The minimum atomic E-state index is 0.353. The van der Waals surface area contributed by atoms with E-state index in [0.717, 1.165) is 13.1 Å². The van der Waals surface area contributed by atoms with Crippen LogP contribution in [0.4, 0.5) is 0 Å². The van der Waals surface area contributed by atoms with Gasteiger partial charge in [-0.05, 0) is 38.6 Å². The van der Waals surface area contributed by atoms with Crippen molar-refractivity contribution in [3.05, 3.63) is 0 Å². The summed E-state index contributed by atoms with van der Waals surface area (Å²) in [5, 5.41) is 3.39. The van der Waals surface area contributed by atoms with E-state index in [-0.39, 0.29) is 0 Å². The Kier molecular flexibility index (Phi) is 3.29. The minimum absolute atomic E-state index is 0.353. The van der Waals surface area contributed by atoms with Gasteiger partial charge in [-0.3, -0.25) is 4.79 Å². The molecule has 2 fully saturated rings. The number of amides is 1. The van der Waals surface area contributed by atoms with Gasteiger partial charge in [-0.25, -0.2) is 0 Å². The molecule has 0 aromatic rings. The zero-order valence-electron chi connectivity index (χ0n) is 9.83. The highest BCUT2D eigenvalue weighted by molar-refractivity contribution is 5.77. The van der Waals surface area contributed by atoms with Crippen molar-refractivity contribution in [2.45, 2.75) is 51.6 Å². The van der Waals surface area contributed by atoms with Crippen LogP contribution in [0.2, 0.25) is 0 Å². The summed E-state index contributed by atoms with van der Waals surface area (Å²) in [5.74, 6) is 1.02. The van der Waals surface area contributed by atoms with Gasteiger partial charge in [0.25, 0.3) is 0 Å². The summed E-state index contributed by atoms with van der Waals surface area (Å²) in [4.78, 5) is 14.1. The van der Waals surface area contributed by atoms with E-state index in [1.54, 1.807) is 0 Å². The van der Waals surface area contributed by atoms with Gasteiger partial charge in [-0.15, -0.1) is 0 Å². The maximum atomic E-state index is 12.0. The molecule has 2 heterocycles. The van der Waals surface area contributed by atoms with Gasteiger partial charge in [0.15, 0.2) is 0 Å². The van der Waals surface area contributed by atoms with E-state index in [9.17, 15) is 4.79 Å². The maximum Gasteiger partial charge on any atom is 0.224 e. The fourth-order valence-corrected chi connectivity index (χ4v) is 2.71. The lowest BCUT2D eigenvalue weighted by Gasteiger charge is -2.24. The zero-order chi connectivity index (χ0) is 10.8. The molecule has 2 aliphatic rings. The molecule has 0 spiro atoms. The number of likely N-dealkylation sites (tertiary alicyclic amines) is 1. The van der Waals surface area contributed by atoms with Gasteiger partial charge in [-0.1, -0.05) is 6.92 Å². The molecule has 0 aliphatic carbocycles. The first-order chi connectivity index (χ1) is 7.18. The predicted octanol–water partition coefficient (Wildman–Crippen LogP) is 1.39. The Morgan fingerprint density at radius 2 is 2.20 bits per heavy atom. The van der Waals surface area contributed by atoms with Crippen LogP contribution in [0.15, 0.2) is 0 Å². The average Bonchev–Trinajstić information content (AvgIpc) is 2.79. The lowest BCUT2D eigenvalue weighted by molar-refractivity contribution is -0.132. The van der Waals surface area contributed by atoms with Crippen molar-refractivity contribution in [1.82, 2.24) is 10.2 Å². The van der Waals surface area contributed by atoms with E-state index < -0.39 is 0 Å². The highest BCUT2D eigenvalue weighted by Gasteiger charge is 2.32. The number of carbonyl (C=O) groups excluding carboxylic acids is 1. The van der Waals surface area contributed by atoms with Crippen molar-refractivity contribution in [2.24, 2.45) is 5.92 Å². The minimum Gasteiger partial charge on any atom is -0.340 e. The molecule has 15 heavy (non-hydrogen) atoms. The van der Waals surface area contributed by atoms with Crippen LogP contribution in [0.1, 0.15) is 39.5 Å². The molecule has 1 N–H and O–H groups in total. The van der Waals surface area contributed by atoms with Gasteiger partial charge in [0, 0.05) is 25.0 Å². The average molecular weight is 210 g/mol. The summed E-state index contributed by atoms with van der Waals surface area (Å²) in [5.41, 5.74) is 0. The van der Waals surface area contributed by atoms with Crippen LogP contribution in [-0.2, 0) is 4.79 Å². The van der Waals surface area contributed by atoms with E-state index in [0.29, 0.717) is 30.3 Å². The molecule has 0 bridgehead atoms. The van der Waals surface area contributed by atoms with Gasteiger partial charge in [0.05, 0.1) is 0 Å². The number of hydrogen-bond donors (Lipinski definition) is 1. The predicted molar refractivity (Wildman–Crippen MR) is 60.6 cm³/mol. The number of carbonyl (C=O) groups is 1. The summed E-state index contributed by atoms with van der Waals surface area (Å²) < 4.78 is 0. The van der Waals surface area contributed by atoms with Gasteiger partial charge in [-0.2, -0.15) is 0 Å². The topological polar surface area (TPSA) is 32.3 Å². The molecule has 0 saturated carbocycles. The second kappa shape index (κ2) is 4.52. The summed E-state index contributed by atoms with van der Waals surface area (Å²) in [6.45, 7) is 6.47. The Bertz CT molecular complexity index is 236. The van der Waals surface area contributed by atoms with Gasteiger partial charge < -0.3 is 10.2 Å². The number of hydrogen-bond acceptors (Lipinski definition) is 2. The van der Waals surface area contributed by atoms with Crippen LogP contribution in [0.3, 0.4) is 0 Å². The van der Waals surface area contributed by atoms with E-state index in [1.807, 2.05) is 0 Å². The highest BCUT2D eigenvalue weighted by atomic mass is 16.2. The van der Waals surface area contributed by atoms with Crippen molar-refractivity contribution in [2.75, 3.05) is 13.1 Å². The summed E-state index contributed by atoms with van der Waals surface area (Å²) in [6.07, 6.45) is 4.27. The fourth-order valence-electron chi connectivity index (χ4n) is 2.71. The van der Waals surface area contributed by atoms with Crippen molar-refractivity contribution in [3.63, 3.8) is 0 Å². The first-order valence-corrected chi connectivity index (χ1v) is 6.21. The molecule has 2 saturated heterocycles. The number of rotatable bonds is 2. The lowest BCUT2D eigenvalue weighted by atomic mass is 10.0. The SMILES string of the molecule is CC1CCN(C(=O)CC2CCCN2)C1C. The molecule has 3 unspecified atom stereocenters. The molecule has 1 amide bonds. The maximum absolute atomic E-state index is 12.0. The van der Waals surface area contributed by atoms with E-state index in [2.05, 4.69) is 24.1 Å². The largest absolute Gasteiger partial charge is 0.340 e. The molecule has 0 aromatic heterocycles. The molecule has 0 aromatic carbocycles. The van der Waals surface area contributed by atoms with Crippen LogP contribution in [-0.4, -0.2) is 36.0 Å². The zero-order valence-corrected chi connectivity index (χ0v) is 9.83. The molecule has 3 heteroatoms. The molecule has 2 aliphatic heterocycles. The molecular weight excluding hydrogens is 188 g/mol. The van der Waals surface area contributed by atoms with E-state index >= 15 is 0 Å². The second-order valence-corrected chi connectivity index (χ2v) is 5.09. The van der Waals surface area contributed by atoms with Crippen LogP contribution in [0, 0.1) is 5.92 Å². The standard InChI is InChI=1S/C12H22N2O/c1-9-5-7-14(10(9)2)12(15)8-11-4-3-6-13-11/h9-11,13H,3-8H2,1-2H3. The Morgan fingerprint density at radius 1 is 1.40 bits per heavy atom. The van der Waals surface area contributed by atoms with Crippen molar-refractivity contribution in [3.8, 4) is 0 Å². The Balaban J connectivity index is 1.85. The molecule has 86 valence electrons. The Hall–Kier alpha value is -0.570. The first kappa shape index (κ1) is 10.9. The van der Waals surface area contributed by atoms with Gasteiger partial charge in [0.2, 0.25) is 5.91 Å². The number of nitrogens with one attached hydrogen (secondary N) is 1. The first-order valence-electron chi connectivity index (χ1n) is 6.21. The normalized spacial score (nSPS) is 36.1. The summed E-state index contributed by atoms with van der Waals surface area (Å²) in [6, 6.07) is 0.888. The molecular formula is C12H22N2O. The van der Waals surface area contributed by atoms with Gasteiger partial charge in [0.1, 0.15) is 0 Å². The fraction of sp³-hybridized carbons (Fsp3) is 0.917. The Morgan fingerprint density at radius 3 is 2.73 bits per heavy atom. The van der Waals surface area contributed by atoms with Crippen LogP contribution >= 0.6 is 0 Å². The van der Waals surface area contributed by atoms with Crippen LogP contribution in [0.5, 0.6) is 0 Å². The highest BCUT2D eigenvalue weighted by Crippen LogP contribution is 2.24. The van der Waals surface area contributed by atoms with Crippen molar-refractivity contribution < 1.29 is 4.79 Å². The van der Waals surface area contributed by atoms with E-state index in [4.69, 9.17) is 0 Å². The smallest absolute Gasteiger partial charge is 0.224 e. The van der Waals surface area contributed by atoms with Crippen molar-refractivity contribution in [1.29, 1.82) is 0 Å². The van der Waals surface area contributed by atoms with Crippen molar-refractivity contribution >= 4 is 5.91 Å². The third-order valence-electron chi connectivity index (χ3n) is 4.04. The molecule has 3 nitrogen and oxygen atoms in total.